The van der Waals surface area contributed by atoms with Gasteiger partial charge in [-0.2, -0.15) is 0 Å². The molecule has 82 valence electrons. The predicted molar refractivity (Wildman–Crippen MR) is 55.2 cm³/mol. The number of nitrogens with one attached hydrogen (secondary N) is 1. The van der Waals surface area contributed by atoms with Gasteiger partial charge in [0.2, 0.25) is 5.91 Å². The van der Waals surface area contributed by atoms with Crippen molar-refractivity contribution in [2.24, 2.45) is 0 Å². The number of carbonyl (C=O) groups excluding carboxylic acids is 1. The lowest BCUT2D eigenvalue weighted by Gasteiger charge is -2.33. The molecule has 0 aromatic rings. The van der Waals surface area contributed by atoms with Gasteiger partial charge >= 0.3 is 0 Å². The minimum absolute atomic E-state index is 0.234. The summed E-state index contributed by atoms with van der Waals surface area (Å²) in [6, 6.07) is 0.234. The van der Waals surface area contributed by atoms with Crippen molar-refractivity contribution in [2.45, 2.75) is 26.3 Å². The van der Waals surface area contributed by atoms with Gasteiger partial charge in [-0.25, -0.2) is 0 Å². The Hall–Kier alpha value is -0.610. The Bertz CT molecular complexity index is 185. The Morgan fingerprint density at radius 2 is 2.43 bits per heavy atom. The average molecular weight is 200 g/mol. The number of carbonyl (C=O) groups is 1. The number of morpholine rings is 1. The Morgan fingerprint density at radius 3 is 3.07 bits per heavy atom. The lowest BCUT2D eigenvalue weighted by Crippen LogP contribution is -2.47. The van der Waals surface area contributed by atoms with Crippen LogP contribution in [0.4, 0.5) is 0 Å². The van der Waals surface area contributed by atoms with Crippen molar-refractivity contribution < 1.29 is 9.53 Å². The van der Waals surface area contributed by atoms with E-state index < -0.39 is 0 Å². The van der Waals surface area contributed by atoms with Gasteiger partial charge in [0, 0.05) is 19.5 Å². The second-order valence-electron chi connectivity index (χ2n) is 3.61. The molecule has 1 atom stereocenters. The lowest BCUT2D eigenvalue weighted by atomic mass is 10.2. The van der Waals surface area contributed by atoms with Gasteiger partial charge in [0.1, 0.15) is 0 Å². The molecule has 4 heteroatoms. The molecule has 1 aliphatic heterocycles. The first-order valence-electron chi connectivity index (χ1n) is 5.33. The van der Waals surface area contributed by atoms with E-state index in [4.69, 9.17) is 4.74 Å². The molecule has 1 heterocycles. The molecule has 0 radical (unpaired) electrons. The summed E-state index contributed by atoms with van der Waals surface area (Å²) >= 11 is 0. The third-order valence-electron chi connectivity index (χ3n) is 2.45. The Kier molecular flexibility index (Phi) is 4.90. The first kappa shape index (κ1) is 11.5. The summed E-state index contributed by atoms with van der Waals surface area (Å²) in [7, 11) is 0. The molecule has 14 heavy (non-hydrogen) atoms. The molecule has 1 amide bonds. The molecule has 0 bridgehead atoms. The van der Waals surface area contributed by atoms with Gasteiger partial charge in [0.05, 0.1) is 19.3 Å². The summed E-state index contributed by atoms with van der Waals surface area (Å²) < 4.78 is 5.28. The second-order valence-corrected chi connectivity index (χ2v) is 3.61. The molecule has 1 aliphatic rings. The fourth-order valence-electron chi connectivity index (χ4n) is 1.61. The monoisotopic (exact) mass is 200 g/mol. The fourth-order valence-corrected chi connectivity index (χ4v) is 1.61. The van der Waals surface area contributed by atoms with E-state index in [1.54, 1.807) is 0 Å². The van der Waals surface area contributed by atoms with Gasteiger partial charge in [-0.05, 0) is 13.5 Å². The van der Waals surface area contributed by atoms with Crippen LogP contribution in [0, 0.1) is 0 Å². The Morgan fingerprint density at radius 1 is 1.64 bits per heavy atom. The maximum Gasteiger partial charge on any atom is 0.224 e. The smallest absolute Gasteiger partial charge is 0.224 e. The van der Waals surface area contributed by atoms with Gasteiger partial charge in [0.25, 0.3) is 0 Å². The fraction of sp³-hybridized carbons (Fsp3) is 0.900. The molecular weight excluding hydrogens is 180 g/mol. The summed E-state index contributed by atoms with van der Waals surface area (Å²) in [5.74, 6) is 0.238. The number of nitrogens with zero attached hydrogens (tertiary/aromatic N) is 1. The van der Waals surface area contributed by atoms with E-state index in [1.807, 2.05) is 18.7 Å². The van der Waals surface area contributed by atoms with Crippen molar-refractivity contribution in [1.82, 2.24) is 10.2 Å². The van der Waals surface area contributed by atoms with Crippen LogP contribution in [0.1, 0.15) is 20.3 Å². The quantitative estimate of drug-likeness (QED) is 0.661. The summed E-state index contributed by atoms with van der Waals surface area (Å²) in [4.78, 5) is 13.6. The zero-order valence-corrected chi connectivity index (χ0v) is 9.08. The molecule has 0 aromatic heterocycles. The average Bonchev–Trinajstić information content (AvgIpc) is 2.18. The number of amides is 1. The van der Waals surface area contributed by atoms with Crippen molar-refractivity contribution in [1.29, 1.82) is 0 Å². The summed E-state index contributed by atoms with van der Waals surface area (Å²) in [5, 5.41) is 3.15. The van der Waals surface area contributed by atoms with E-state index in [1.165, 1.54) is 0 Å². The van der Waals surface area contributed by atoms with Crippen LogP contribution in [0.15, 0.2) is 0 Å². The van der Waals surface area contributed by atoms with Crippen LogP contribution < -0.4 is 5.32 Å². The van der Waals surface area contributed by atoms with Gasteiger partial charge in [-0.15, -0.1) is 0 Å². The third-order valence-corrected chi connectivity index (χ3v) is 2.45. The lowest BCUT2D eigenvalue weighted by molar-refractivity contribution is -0.138. The first-order valence-corrected chi connectivity index (χ1v) is 5.33. The van der Waals surface area contributed by atoms with E-state index in [0.29, 0.717) is 19.6 Å². The molecular formula is C10H20N2O2. The summed E-state index contributed by atoms with van der Waals surface area (Å²) in [6.07, 6.45) is 0.595. The van der Waals surface area contributed by atoms with Crippen LogP contribution in [0.2, 0.25) is 0 Å². The number of hydrogen-bond donors (Lipinski definition) is 1. The SMILES string of the molecule is CCNCCC(=O)N1CCOC[C@H]1C. The van der Waals surface area contributed by atoms with Crippen molar-refractivity contribution >= 4 is 5.91 Å². The number of rotatable bonds is 4. The molecule has 1 saturated heterocycles. The van der Waals surface area contributed by atoms with E-state index in [-0.39, 0.29) is 11.9 Å². The Labute approximate surface area is 85.6 Å². The zero-order valence-electron chi connectivity index (χ0n) is 9.08. The van der Waals surface area contributed by atoms with Crippen LogP contribution in [-0.4, -0.2) is 49.7 Å². The van der Waals surface area contributed by atoms with Crippen LogP contribution in [0.25, 0.3) is 0 Å². The molecule has 4 nitrogen and oxygen atoms in total. The minimum atomic E-state index is 0.234. The molecule has 1 N–H and O–H groups in total. The zero-order chi connectivity index (χ0) is 10.4. The van der Waals surface area contributed by atoms with Crippen LogP contribution in [-0.2, 0) is 9.53 Å². The van der Waals surface area contributed by atoms with E-state index in [2.05, 4.69) is 5.32 Å². The van der Waals surface area contributed by atoms with Crippen LogP contribution >= 0.6 is 0 Å². The highest BCUT2D eigenvalue weighted by Gasteiger charge is 2.22. The van der Waals surface area contributed by atoms with E-state index in [9.17, 15) is 4.79 Å². The number of ether oxygens (including phenoxy) is 1. The maximum atomic E-state index is 11.7. The number of hydrogen-bond acceptors (Lipinski definition) is 3. The molecule has 0 aliphatic carbocycles. The molecule has 1 fully saturated rings. The normalized spacial score (nSPS) is 22.4. The van der Waals surface area contributed by atoms with Crippen molar-refractivity contribution in [3.8, 4) is 0 Å². The van der Waals surface area contributed by atoms with Gasteiger partial charge < -0.3 is 15.0 Å². The summed E-state index contributed by atoms with van der Waals surface area (Å²) in [6.45, 7) is 7.87. The minimum Gasteiger partial charge on any atom is -0.377 e. The maximum absolute atomic E-state index is 11.7. The van der Waals surface area contributed by atoms with E-state index >= 15 is 0 Å². The highest BCUT2D eigenvalue weighted by atomic mass is 16.5. The first-order chi connectivity index (χ1) is 6.75. The van der Waals surface area contributed by atoms with Crippen molar-refractivity contribution in [3.63, 3.8) is 0 Å². The van der Waals surface area contributed by atoms with Crippen molar-refractivity contribution in [2.75, 3.05) is 32.8 Å². The molecule has 0 spiro atoms. The van der Waals surface area contributed by atoms with Gasteiger partial charge in [-0.1, -0.05) is 6.92 Å². The Balaban J connectivity index is 2.27. The van der Waals surface area contributed by atoms with Crippen molar-refractivity contribution in [3.05, 3.63) is 0 Å². The third kappa shape index (κ3) is 3.27. The summed E-state index contributed by atoms with van der Waals surface area (Å²) in [5.41, 5.74) is 0. The highest BCUT2D eigenvalue weighted by molar-refractivity contribution is 5.76. The predicted octanol–water partition coefficient (Wildman–Crippen LogP) is 0.233. The largest absolute Gasteiger partial charge is 0.377 e. The highest BCUT2D eigenvalue weighted by Crippen LogP contribution is 2.07. The second kappa shape index (κ2) is 5.98. The van der Waals surface area contributed by atoms with Gasteiger partial charge in [0.15, 0.2) is 0 Å². The van der Waals surface area contributed by atoms with Gasteiger partial charge in [-0.3, -0.25) is 4.79 Å². The van der Waals surface area contributed by atoms with Crippen LogP contribution in [0.5, 0.6) is 0 Å². The molecule has 0 unspecified atom stereocenters. The van der Waals surface area contributed by atoms with Crippen LogP contribution in [0.3, 0.4) is 0 Å². The molecule has 0 aromatic carbocycles. The molecule has 0 saturated carbocycles. The molecule has 1 rings (SSSR count). The topological polar surface area (TPSA) is 41.6 Å². The standard InChI is InChI=1S/C10H20N2O2/c1-3-11-5-4-10(13)12-6-7-14-8-9(12)2/h9,11H,3-8H2,1-2H3/t9-/m1/s1. The van der Waals surface area contributed by atoms with E-state index in [0.717, 1.165) is 19.6 Å².